The first-order chi connectivity index (χ1) is 13.6. The van der Waals surface area contributed by atoms with Crippen LogP contribution in [0.25, 0.3) is 10.9 Å². The van der Waals surface area contributed by atoms with Crippen LogP contribution in [0.4, 0.5) is 0 Å². The molecule has 3 aromatic carbocycles. The molecular formula is C25H26Cl2N2. The molecule has 0 saturated heterocycles. The summed E-state index contributed by atoms with van der Waals surface area (Å²) in [6.45, 7) is 6.03. The van der Waals surface area contributed by atoms with Gasteiger partial charge in [-0.25, -0.2) is 0 Å². The van der Waals surface area contributed by atoms with Crippen LogP contribution in [0.1, 0.15) is 35.3 Å². The van der Waals surface area contributed by atoms with Gasteiger partial charge in [0.1, 0.15) is 0 Å². The molecule has 0 aliphatic heterocycles. The van der Waals surface area contributed by atoms with E-state index in [-0.39, 0.29) is 12.4 Å². The lowest BCUT2D eigenvalue weighted by Crippen LogP contribution is -2.18. The number of para-hydroxylation sites is 1. The van der Waals surface area contributed by atoms with Gasteiger partial charge in [-0.1, -0.05) is 78.3 Å². The first kappa shape index (κ1) is 21.4. The van der Waals surface area contributed by atoms with E-state index in [9.17, 15) is 0 Å². The summed E-state index contributed by atoms with van der Waals surface area (Å²) in [5.41, 5.74) is 6.34. The summed E-state index contributed by atoms with van der Waals surface area (Å²) in [7, 11) is 0. The Morgan fingerprint density at radius 2 is 1.55 bits per heavy atom. The van der Waals surface area contributed by atoms with Crippen molar-refractivity contribution in [1.29, 1.82) is 0 Å². The van der Waals surface area contributed by atoms with Crippen LogP contribution >= 0.6 is 24.0 Å². The molecule has 0 aliphatic carbocycles. The molecule has 0 radical (unpaired) electrons. The molecule has 1 heterocycles. The van der Waals surface area contributed by atoms with Gasteiger partial charge in [-0.15, -0.1) is 12.4 Å². The van der Waals surface area contributed by atoms with Gasteiger partial charge in [-0.05, 0) is 42.7 Å². The number of nitrogens with one attached hydrogen (secondary N) is 1. The van der Waals surface area contributed by atoms with E-state index in [0.29, 0.717) is 6.04 Å². The van der Waals surface area contributed by atoms with Gasteiger partial charge in [-0.2, -0.15) is 0 Å². The summed E-state index contributed by atoms with van der Waals surface area (Å²) >= 11 is 6.43. The molecule has 150 valence electrons. The number of rotatable bonds is 6. The highest BCUT2D eigenvalue weighted by molar-refractivity contribution is 6.31. The normalized spacial score (nSPS) is 12.0. The number of fused-ring (bicyclic) bond motifs is 1. The smallest absolute Gasteiger partial charge is 0.0493 e. The Morgan fingerprint density at radius 1 is 0.897 bits per heavy atom. The minimum absolute atomic E-state index is 0. The van der Waals surface area contributed by atoms with Gasteiger partial charge in [0, 0.05) is 40.8 Å². The summed E-state index contributed by atoms with van der Waals surface area (Å²) in [6, 6.07) is 27.6. The van der Waals surface area contributed by atoms with Crippen molar-refractivity contribution in [2.45, 2.75) is 33.0 Å². The molecule has 0 aliphatic rings. The largest absolute Gasteiger partial charge is 0.340 e. The summed E-state index contributed by atoms with van der Waals surface area (Å²) in [4.78, 5) is 0. The Kier molecular flexibility index (Phi) is 7.02. The van der Waals surface area contributed by atoms with Crippen LogP contribution in [0.15, 0.2) is 78.9 Å². The number of benzene rings is 3. The monoisotopic (exact) mass is 424 g/mol. The van der Waals surface area contributed by atoms with Crippen LogP contribution < -0.4 is 5.32 Å². The molecule has 1 atom stereocenters. The van der Waals surface area contributed by atoms with Crippen molar-refractivity contribution in [3.05, 3.63) is 106 Å². The van der Waals surface area contributed by atoms with Crippen LogP contribution in [0.2, 0.25) is 5.02 Å². The highest BCUT2D eigenvalue weighted by Crippen LogP contribution is 2.28. The Labute approximate surface area is 183 Å². The van der Waals surface area contributed by atoms with E-state index in [1.165, 1.54) is 27.7 Å². The average molecular weight is 425 g/mol. The van der Waals surface area contributed by atoms with Crippen LogP contribution in [0, 0.1) is 6.92 Å². The second kappa shape index (κ2) is 9.49. The number of aromatic nitrogens is 1. The van der Waals surface area contributed by atoms with Crippen LogP contribution in [0.5, 0.6) is 0 Å². The molecule has 1 N–H and O–H groups in total. The van der Waals surface area contributed by atoms with Crippen molar-refractivity contribution in [3.8, 4) is 0 Å². The van der Waals surface area contributed by atoms with Crippen molar-refractivity contribution in [2.75, 3.05) is 0 Å². The third kappa shape index (κ3) is 4.51. The molecular weight excluding hydrogens is 399 g/mol. The average Bonchev–Trinajstić information content (AvgIpc) is 3.00. The molecule has 4 aromatic rings. The molecule has 4 rings (SSSR count). The van der Waals surface area contributed by atoms with Gasteiger partial charge in [0.25, 0.3) is 0 Å². The van der Waals surface area contributed by atoms with E-state index in [0.717, 1.165) is 23.7 Å². The van der Waals surface area contributed by atoms with E-state index in [4.69, 9.17) is 11.6 Å². The fourth-order valence-electron chi connectivity index (χ4n) is 3.84. The van der Waals surface area contributed by atoms with Crippen LogP contribution in [0.3, 0.4) is 0 Å². The van der Waals surface area contributed by atoms with E-state index < -0.39 is 0 Å². The van der Waals surface area contributed by atoms with Crippen molar-refractivity contribution >= 4 is 34.9 Å². The summed E-state index contributed by atoms with van der Waals surface area (Å²) in [5, 5.41) is 5.82. The number of hydrogen-bond acceptors (Lipinski definition) is 1. The molecule has 4 heteroatoms. The van der Waals surface area contributed by atoms with Gasteiger partial charge in [-0.3, -0.25) is 0 Å². The number of halogens is 2. The second-order valence-electron chi connectivity index (χ2n) is 7.27. The molecule has 2 nitrogen and oxygen atoms in total. The Morgan fingerprint density at radius 3 is 2.31 bits per heavy atom. The van der Waals surface area contributed by atoms with E-state index in [1.54, 1.807) is 0 Å². The maximum Gasteiger partial charge on any atom is 0.0493 e. The predicted octanol–water partition coefficient (Wildman–Crippen LogP) is 6.92. The fraction of sp³-hybridized carbons (Fsp3) is 0.200. The van der Waals surface area contributed by atoms with Crippen molar-refractivity contribution in [1.82, 2.24) is 9.88 Å². The summed E-state index contributed by atoms with van der Waals surface area (Å²) in [5.74, 6) is 0. The highest BCUT2D eigenvalue weighted by Gasteiger charge is 2.15. The number of hydrogen-bond donors (Lipinski definition) is 1. The van der Waals surface area contributed by atoms with E-state index in [1.807, 2.05) is 18.2 Å². The van der Waals surface area contributed by atoms with Crippen LogP contribution in [-0.2, 0) is 13.1 Å². The lowest BCUT2D eigenvalue weighted by atomic mass is 10.1. The fourth-order valence-corrected chi connectivity index (χ4v) is 4.04. The lowest BCUT2D eigenvalue weighted by Gasteiger charge is -2.15. The second-order valence-corrected chi connectivity index (χ2v) is 7.68. The first-order valence-electron chi connectivity index (χ1n) is 9.73. The maximum absolute atomic E-state index is 6.43. The zero-order chi connectivity index (χ0) is 19.5. The van der Waals surface area contributed by atoms with Crippen molar-refractivity contribution in [3.63, 3.8) is 0 Å². The summed E-state index contributed by atoms with van der Waals surface area (Å²) in [6.07, 6.45) is 0. The van der Waals surface area contributed by atoms with Gasteiger partial charge in [0.2, 0.25) is 0 Å². The number of nitrogens with zero attached hydrogens (tertiary/aromatic N) is 1. The zero-order valence-electron chi connectivity index (χ0n) is 16.7. The quantitative estimate of drug-likeness (QED) is 0.355. The van der Waals surface area contributed by atoms with Crippen molar-refractivity contribution in [2.24, 2.45) is 0 Å². The predicted molar refractivity (Wildman–Crippen MR) is 126 cm³/mol. The molecule has 0 spiro atoms. The lowest BCUT2D eigenvalue weighted by molar-refractivity contribution is 0.573. The Hall–Kier alpha value is -2.26. The standard InChI is InChI=1S/C25H25ClN2.ClH/c1-18(20-10-4-3-5-11-20)27-16-23-19(2)28(25-15-9-7-13-22(23)25)17-21-12-6-8-14-24(21)26;/h3-15,18,27H,16-17H2,1-2H3;1H. The SMILES string of the molecule is Cc1c(CNC(C)c2ccccc2)c2ccccc2n1Cc1ccccc1Cl.Cl. The minimum atomic E-state index is 0. The Balaban J connectivity index is 0.00000240. The summed E-state index contributed by atoms with van der Waals surface area (Å²) < 4.78 is 2.38. The van der Waals surface area contributed by atoms with Gasteiger partial charge < -0.3 is 9.88 Å². The molecule has 0 fully saturated rings. The van der Waals surface area contributed by atoms with E-state index >= 15 is 0 Å². The van der Waals surface area contributed by atoms with Gasteiger partial charge in [0.05, 0.1) is 0 Å². The van der Waals surface area contributed by atoms with Gasteiger partial charge in [0.15, 0.2) is 0 Å². The maximum atomic E-state index is 6.43. The molecule has 0 bridgehead atoms. The van der Waals surface area contributed by atoms with Crippen molar-refractivity contribution < 1.29 is 0 Å². The van der Waals surface area contributed by atoms with Crippen LogP contribution in [-0.4, -0.2) is 4.57 Å². The molecule has 0 saturated carbocycles. The molecule has 0 amide bonds. The molecule has 29 heavy (non-hydrogen) atoms. The van der Waals surface area contributed by atoms with Gasteiger partial charge >= 0.3 is 0 Å². The molecule has 1 unspecified atom stereocenters. The third-order valence-electron chi connectivity index (χ3n) is 5.53. The van der Waals surface area contributed by atoms with E-state index in [2.05, 4.69) is 84.4 Å². The molecule has 1 aromatic heterocycles. The topological polar surface area (TPSA) is 17.0 Å². The minimum Gasteiger partial charge on any atom is -0.340 e. The highest BCUT2D eigenvalue weighted by atomic mass is 35.5. The third-order valence-corrected chi connectivity index (χ3v) is 5.90. The Bertz CT molecular complexity index is 1090. The zero-order valence-corrected chi connectivity index (χ0v) is 18.3. The first-order valence-corrected chi connectivity index (χ1v) is 10.1.